The van der Waals surface area contributed by atoms with E-state index in [1.165, 1.54) is 0 Å². The number of nitrogens with one attached hydrogen (secondary N) is 1. The largest absolute Gasteiger partial charge is 0.411 e. The standard InChI is InChI=1S/C6H11N3OS/c7-6(4-11)9-2-1-5(3-9)8-10/h7,10-11H,1-4H2/b7-6?,8-5-. The van der Waals surface area contributed by atoms with Crippen molar-refractivity contribution in [2.75, 3.05) is 18.8 Å². The highest BCUT2D eigenvalue weighted by atomic mass is 32.1. The molecule has 0 saturated carbocycles. The Morgan fingerprint density at radius 3 is 3.00 bits per heavy atom. The highest BCUT2D eigenvalue weighted by Crippen LogP contribution is 2.06. The van der Waals surface area contributed by atoms with Crippen molar-refractivity contribution in [2.24, 2.45) is 5.16 Å². The van der Waals surface area contributed by atoms with Gasteiger partial charge in [-0.15, -0.1) is 0 Å². The van der Waals surface area contributed by atoms with Crippen LogP contribution < -0.4 is 0 Å². The van der Waals surface area contributed by atoms with Crippen molar-refractivity contribution >= 4 is 24.2 Å². The summed E-state index contributed by atoms with van der Waals surface area (Å²) in [6.07, 6.45) is 0.757. The summed E-state index contributed by atoms with van der Waals surface area (Å²) in [5.41, 5.74) is 0.747. The zero-order valence-electron chi connectivity index (χ0n) is 6.12. The van der Waals surface area contributed by atoms with Crippen molar-refractivity contribution in [3.63, 3.8) is 0 Å². The van der Waals surface area contributed by atoms with Gasteiger partial charge in [-0.3, -0.25) is 5.41 Å². The van der Waals surface area contributed by atoms with Gasteiger partial charge in [0.25, 0.3) is 0 Å². The summed E-state index contributed by atoms with van der Waals surface area (Å²) in [7, 11) is 0. The fraction of sp³-hybridized carbons (Fsp3) is 0.667. The Morgan fingerprint density at radius 1 is 1.82 bits per heavy atom. The quantitative estimate of drug-likeness (QED) is 0.177. The molecule has 1 saturated heterocycles. The predicted molar refractivity (Wildman–Crippen MR) is 47.0 cm³/mol. The van der Waals surface area contributed by atoms with Gasteiger partial charge in [0.1, 0.15) is 5.84 Å². The Bertz CT molecular complexity index is 192. The van der Waals surface area contributed by atoms with Gasteiger partial charge in [-0.05, 0) is 0 Å². The molecule has 1 aliphatic rings. The zero-order chi connectivity index (χ0) is 8.27. The summed E-state index contributed by atoms with van der Waals surface area (Å²) >= 11 is 3.98. The van der Waals surface area contributed by atoms with Crippen molar-refractivity contribution in [2.45, 2.75) is 6.42 Å². The number of thiol groups is 1. The highest BCUT2D eigenvalue weighted by molar-refractivity contribution is 7.81. The number of amidine groups is 1. The molecule has 11 heavy (non-hydrogen) atoms. The van der Waals surface area contributed by atoms with Crippen LogP contribution in [0.1, 0.15) is 6.42 Å². The van der Waals surface area contributed by atoms with Crippen molar-refractivity contribution in [1.82, 2.24) is 4.90 Å². The molecule has 2 N–H and O–H groups in total. The van der Waals surface area contributed by atoms with Crippen molar-refractivity contribution in [3.8, 4) is 0 Å². The van der Waals surface area contributed by atoms with Gasteiger partial charge in [0.2, 0.25) is 0 Å². The van der Waals surface area contributed by atoms with E-state index in [9.17, 15) is 0 Å². The third-order valence-corrected chi connectivity index (χ3v) is 2.02. The van der Waals surface area contributed by atoms with E-state index in [2.05, 4.69) is 17.8 Å². The minimum absolute atomic E-state index is 0.443. The molecular weight excluding hydrogens is 162 g/mol. The molecule has 0 spiro atoms. The van der Waals surface area contributed by atoms with Crippen molar-refractivity contribution in [3.05, 3.63) is 0 Å². The van der Waals surface area contributed by atoms with E-state index in [0.29, 0.717) is 18.1 Å². The van der Waals surface area contributed by atoms with Gasteiger partial charge in [0, 0.05) is 18.7 Å². The number of likely N-dealkylation sites (tertiary alicyclic amines) is 1. The summed E-state index contributed by atoms with van der Waals surface area (Å²) in [5.74, 6) is 0.936. The van der Waals surface area contributed by atoms with E-state index in [1.54, 1.807) is 0 Å². The van der Waals surface area contributed by atoms with E-state index in [1.807, 2.05) is 4.90 Å². The molecule has 0 aliphatic carbocycles. The summed E-state index contributed by atoms with van der Waals surface area (Å²) in [4.78, 5) is 1.85. The molecule has 1 fully saturated rings. The normalized spacial score (nSPS) is 21.2. The van der Waals surface area contributed by atoms with E-state index < -0.39 is 0 Å². The summed E-state index contributed by atoms with van der Waals surface area (Å²) in [6.45, 7) is 1.36. The molecule has 1 aliphatic heterocycles. The van der Waals surface area contributed by atoms with E-state index in [-0.39, 0.29) is 0 Å². The van der Waals surface area contributed by atoms with Crippen LogP contribution in [-0.2, 0) is 0 Å². The van der Waals surface area contributed by atoms with Crippen LogP contribution >= 0.6 is 12.6 Å². The van der Waals surface area contributed by atoms with Gasteiger partial charge in [0.15, 0.2) is 0 Å². The van der Waals surface area contributed by atoms with Crippen LogP contribution in [0.25, 0.3) is 0 Å². The SMILES string of the molecule is N=C(CS)N1CC/C(=N/O)C1. The van der Waals surface area contributed by atoms with Crippen LogP contribution in [0.2, 0.25) is 0 Å². The van der Waals surface area contributed by atoms with Crippen LogP contribution in [0.4, 0.5) is 0 Å². The van der Waals surface area contributed by atoms with Crippen LogP contribution in [-0.4, -0.2) is 40.5 Å². The second kappa shape index (κ2) is 3.61. The second-order valence-corrected chi connectivity index (χ2v) is 2.76. The third kappa shape index (κ3) is 1.86. The molecular formula is C6H11N3OS. The first-order valence-corrected chi connectivity index (χ1v) is 4.04. The lowest BCUT2D eigenvalue weighted by Crippen LogP contribution is -2.29. The Balaban J connectivity index is 2.48. The van der Waals surface area contributed by atoms with Crippen LogP contribution in [0.5, 0.6) is 0 Å². The molecule has 0 radical (unpaired) electrons. The van der Waals surface area contributed by atoms with Crippen molar-refractivity contribution < 1.29 is 5.21 Å². The van der Waals surface area contributed by atoms with E-state index >= 15 is 0 Å². The number of rotatable bonds is 1. The monoisotopic (exact) mass is 173 g/mol. The molecule has 62 valence electrons. The molecule has 0 aromatic heterocycles. The zero-order valence-corrected chi connectivity index (χ0v) is 7.01. The first-order valence-electron chi connectivity index (χ1n) is 3.41. The van der Waals surface area contributed by atoms with Gasteiger partial charge in [-0.25, -0.2) is 0 Å². The fourth-order valence-electron chi connectivity index (χ4n) is 1.05. The lowest BCUT2D eigenvalue weighted by molar-refractivity contribution is 0.317. The Morgan fingerprint density at radius 2 is 2.55 bits per heavy atom. The Hall–Kier alpha value is -0.710. The minimum Gasteiger partial charge on any atom is -0.411 e. The van der Waals surface area contributed by atoms with E-state index in [4.69, 9.17) is 10.6 Å². The molecule has 1 rings (SSSR count). The highest BCUT2D eigenvalue weighted by Gasteiger charge is 2.19. The molecule has 0 aromatic carbocycles. The summed E-state index contributed by atoms with van der Waals surface area (Å²) in [5, 5.41) is 18.9. The minimum atomic E-state index is 0.443. The van der Waals surface area contributed by atoms with Gasteiger partial charge in [0.05, 0.1) is 12.3 Å². The number of hydrogen-bond donors (Lipinski definition) is 3. The second-order valence-electron chi connectivity index (χ2n) is 2.44. The van der Waals surface area contributed by atoms with Gasteiger partial charge in [-0.2, -0.15) is 12.6 Å². The number of oxime groups is 1. The first kappa shape index (κ1) is 8.39. The summed E-state index contributed by atoms with van der Waals surface area (Å²) in [6, 6.07) is 0. The number of hydrogen-bond acceptors (Lipinski definition) is 4. The fourth-order valence-corrected chi connectivity index (χ4v) is 1.25. The van der Waals surface area contributed by atoms with Gasteiger partial charge in [-0.1, -0.05) is 5.16 Å². The third-order valence-electron chi connectivity index (χ3n) is 1.72. The maximum Gasteiger partial charge on any atom is 0.106 e. The van der Waals surface area contributed by atoms with E-state index in [0.717, 1.165) is 18.7 Å². The molecule has 0 amide bonds. The molecule has 4 nitrogen and oxygen atoms in total. The topological polar surface area (TPSA) is 59.7 Å². The maximum atomic E-state index is 8.41. The smallest absolute Gasteiger partial charge is 0.106 e. The molecule has 1 heterocycles. The first-order chi connectivity index (χ1) is 5.27. The lowest BCUT2D eigenvalue weighted by Gasteiger charge is -2.15. The molecule has 0 atom stereocenters. The molecule has 5 heteroatoms. The molecule has 0 aromatic rings. The van der Waals surface area contributed by atoms with Crippen LogP contribution in [0, 0.1) is 5.41 Å². The lowest BCUT2D eigenvalue weighted by atomic mass is 10.3. The van der Waals surface area contributed by atoms with Crippen LogP contribution in [0.3, 0.4) is 0 Å². The summed E-state index contributed by atoms with van der Waals surface area (Å²) < 4.78 is 0. The maximum absolute atomic E-state index is 8.41. The predicted octanol–water partition coefficient (Wildman–Crippen LogP) is 0.429. The Labute approximate surface area is 70.8 Å². The average molecular weight is 173 g/mol. The van der Waals surface area contributed by atoms with Gasteiger partial charge >= 0.3 is 0 Å². The Kier molecular flexibility index (Phi) is 2.76. The average Bonchev–Trinajstić information content (AvgIpc) is 2.50. The molecule has 0 bridgehead atoms. The molecule has 0 unspecified atom stereocenters. The van der Waals surface area contributed by atoms with Gasteiger partial charge < -0.3 is 10.1 Å². The van der Waals surface area contributed by atoms with Crippen LogP contribution in [0.15, 0.2) is 5.16 Å². The number of nitrogens with zero attached hydrogens (tertiary/aromatic N) is 2. The van der Waals surface area contributed by atoms with Crippen molar-refractivity contribution in [1.29, 1.82) is 5.41 Å².